The summed E-state index contributed by atoms with van der Waals surface area (Å²) in [5.74, 6) is -0.935. The third-order valence-corrected chi connectivity index (χ3v) is 3.01. The van der Waals surface area contributed by atoms with E-state index < -0.39 is 11.6 Å². The zero-order valence-electron chi connectivity index (χ0n) is 9.61. The third kappa shape index (κ3) is 5.28. The molecule has 0 aromatic rings. The van der Waals surface area contributed by atoms with E-state index in [0.29, 0.717) is 13.1 Å². The molecular weight excluding hydrogens is 206 g/mol. The second kappa shape index (κ2) is 6.66. The average molecular weight is 227 g/mol. The number of aliphatic carboxylic acids is 1. The molecule has 0 unspecified atom stereocenters. The van der Waals surface area contributed by atoms with E-state index in [1.165, 1.54) is 12.8 Å². The molecule has 1 aliphatic rings. The molecule has 0 aliphatic heterocycles. The van der Waals surface area contributed by atoms with Crippen LogP contribution in [0.3, 0.4) is 0 Å². The minimum Gasteiger partial charge on any atom is -0.478 e. The van der Waals surface area contributed by atoms with Crippen molar-refractivity contribution in [3.05, 3.63) is 12.2 Å². The Hall–Kier alpha value is -0.870. The first kappa shape index (κ1) is 13.2. The minimum absolute atomic E-state index is 0.495. The van der Waals surface area contributed by atoms with E-state index in [4.69, 9.17) is 5.11 Å². The van der Waals surface area contributed by atoms with Gasteiger partial charge in [0.2, 0.25) is 0 Å². The highest BCUT2D eigenvalue weighted by Crippen LogP contribution is 2.26. The Morgan fingerprint density at radius 3 is 2.44 bits per heavy atom. The summed E-state index contributed by atoms with van der Waals surface area (Å²) in [5.41, 5.74) is -0.590. The van der Waals surface area contributed by atoms with Gasteiger partial charge in [0.15, 0.2) is 0 Å². The predicted octanol–water partition coefficient (Wildman–Crippen LogP) is 1.30. The molecule has 4 heteroatoms. The lowest BCUT2D eigenvalue weighted by molar-refractivity contribution is -0.131. The first-order valence-corrected chi connectivity index (χ1v) is 5.95. The topological polar surface area (TPSA) is 69.6 Å². The van der Waals surface area contributed by atoms with E-state index in [1.807, 2.05) is 0 Å². The van der Waals surface area contributed by atoms with Gasteiger partial charge in [-0.15, -0.1) is 0 Å². The molecule has 1 rings (SSSR count). The van der Waals surface area contributed by atoms with Gasteiger partial charge in [-0.2, -0.15) is 0 Å². The van der Waals surface area contributed by atoms with Crippen molar-refractivity contribution >= 4 is 5.97 Å². The monoisotopic (exact) mass is 227 g/mol. The maximum Gasteiger partial charge on any atom is 0.328 e. The summed E-state index contributed by atoms with van der Waals surface area (Å²) in [6.07, 6.45) is 8.96. The van der Waals surface area contributed by atoms with Gasteiger partial charge in [0.1, 0.15) is 0 Å². The quantitative estimate of drug-likeness (QED) is 0.376. The van der Waals surface area contributed by atoms with Crippen LogP contribution < -0.4 is 5.32 Å². The Balaban J connectivity index is 2.21. The summed E-state index contributed by atoms with van der Waals surface area (Å²) in [6.45, 7) is 1.05. The molecule has 1 aliphatic carbocycles. The van der Waals surface area contributed by atoms with Crippen LogP contribution in [0.25, 0.3) is 0 Å². The van der Waals surface area contributed by atoms with E-state index in [9.17, 15) is 9.90 Å². The normalized spacial score (nSPS) is 20.8. The lowest BCUT2D eigenvalue weighted by atomic mass is 9.94. The molecule has 0 atom stereocenters. The van der Waals surface area contributed by atoms with E-state index >= 15 is 0 Å². The van der Waals surface area contributed by atoms with Gasteiger partial charge < -0.3 is 15.5 Å². The number of rotatable bonds is 5. The minimum atomic E-state index is -0.935. The fourth-order valence-corrected chi connectivity index (χ4v) is 2.11. The zero-order chi connectivity index (χ0) is 11.9. The summed E-state index contributed by atoms with van der Waals surface area (Å²) < 4.78 is 0. The maximum absolute atomic E-state index is 10.3. The number of carboxylic acids is 1. The number of hydrogen-bond acceptors (Lipinski definition) is 3. The van der Waals surface area contributed by atoms with Gasteiger partial charge in [-0.05, 0) is 12.8 Å². The maximum atomic E-state index is 10.3. The van der Waals surface area contributed by atoms with Crippen LogP contribution in [0.2, 0.25) is 0 Å². The molecule has 4 nitrogen and oxygen atoms in total. The molecule has 0 saturated heterocycles. The summed E-state index contributed by atoms with van der Waals surface area (Å²) in [5, 5.41) is 21.7. The van der Waals surface area contributed by atoms with E-state index in [0.717, 1.165) is 31.8 Å². The molecule has 92 valence electrons. The molecule has 0 heterocycles. The van der Waals surface area contributed by atoms with Crippen molar-refractivity contribution in [3.8, 4) is 0 Å². The highest BCUT2D eigenvalue weighted by Gasteiger charge is 2.26. The fourth-order valence-electron chi connectivity index (χ4n) is 2.11. The van der Waals surface area contributed by atoms with Gasteiger partial charge in [0, 0.05) is 19.2 Å². The standard InChI is InChI=1S/C12H21NO3/c14-11(15)6-5-9-13-10-12(16)7-3-1-2-4-8-12/h5-6,13,16H,1-4,7-10H2,(H,14,15)/b6-5+. The van der Waals surface area contributed by atoms with Crippen LogP contribution in [-0.2, 0) is 4.79 Å². The van der Waals surface area contributed by atoms with Crippen LogP contribution in [0.1, 0.15) is 38.5 Å². The van der Waals surface area contributed by atoms with E-state index in [2.05, 4.69) is 5.32 Å². The van der Waals surface area contributed by atoms with E-state index in [-0.39, 0.29) is 0 Å². The van der Waals surface area contributed by atoms with Crippen molar-refractivity contribution < 1.29 is 15.0 Å². The van der Waals surface area contributed by atoms with E-state index in [1.54, 1.807) is 6.08 Å². The number of nitrogens with one attached hydrogen (secondary N) is 1. The highest BCUT2D eigenvalue weighted by molar-refractivity contribution is 5.79. The Bertz CT molecular complexity index is 243. The predicted molar refractivity (Wildman–Crippen MR) is 62.3 cm³/mol. The van der Waals surface area contributed by atoms with Crippen molar-refractivity contribution in [2.24, 2.45) is 0 Å². The smallest absolute Gasteiger partial charge is 0.328 e. The van der Waals surface area contributed by atoms with Crippen LogP contribution >= 0.6 is 0 Å². The number of hydrogen-bond donors (Lipinski definition) is 3. The summed E-state index contributed by atoms with van der Waals surface area (Å²) in [7, 11) is 0. The van der Waals surface area contributed by atoms with Gasteiger partial charge >= 0.3 is 5.97 Å². The lowest BCUT2D eigenvalue weighted by Gasteiger charge is -2.26. The van der Waals surface area contributed by atoms with Crippen molar-refractivity contribution in [2.75, 3.05) is 13.1 Å². The summed E-state index contributed by atoms with van der Waals surface area (Å²) in [4.78, 5) is 10.2. The SMILES string of the molecule is O=C(O)/C=C/CNCC1(O)CCCCCC1. The van der Waals surface area contributed by atoms with Crippen LogP contribution in [0.15, 0.2) is 12.2 Å². The number of carbonyl (C=O) groups is 1. The van der Waals surface area contributed by atoms with Crippen LogP contribution in [0, 0.1) is 0 Å². The van der Waals surface area contributed by atoms with Crippen molar-refractivity contribution in [1.29, 1.82) is 0 Å². The number of carboxylic acid groups (broad SMARTS) is 1. The molecule has 0 aromatic heterocycles. The fraction of sp³-hybridized carbons (Fsp3) is 0.750. The van der Waals surface area contributed by atoms with Crippen LogP contribution in [-0.4, -0.2) is 34.9 Å². The van der Waals surface area contributed by atoms with Gasteiger partial charge in [-0.1, -0.05) is 31.8 Å². The van der Waals surface area contributed by atoms with Crippen molar-refractivity contribution in [3.63, 3.8) is 0 Å². The van der Waals surface area contributed by atoms with Crippen LogP contribution in [0.4, 0.5) is 0 Å². The molecule has 3 N–H and O–H groups in total. The summed E-state index contributed by atoms with van der Waals surface area (Å²) in [6, 6.07) is 0. The molecule has 1 fully saturated rings. The average Bonchev–Trinajstić information content (AvgIpc) is 2.43. The molecule has 0 bridgehead atoms. The Morgan fingerprint density at radius 1 is 1.25 bits per heavy atom. The zero-order valence-corrected chi connectivity index (χ0v) is 9.61. The van der Waals surface area contributed by atoms with Gasteiger partial charge in [-0.3, -0.25) is 0 Å². The second-order valence-corrected chi connectivity index (χ2v) is 4.51. The molecule has 16 heavy (non-hydrogen) atoms. The Labute approximate surface area is 96.4 Å². The molecule has 0 spiro atoms. The molecule has 0 radical (unpaired) electrons. The molecule has 1 saturated carbocycles. The Kier molecular flexibility index (Phi) is 5.49. The molecule has 0 amide bonds. The van der Waals surface area contributed by atoms with Crippen LogP contribution in [0.5, 0.6) is 0 Å². The van der Waals surface area contributed by atoms with Gasteiger partial charge in [0.05, 0.1) is 5.60 Å². The van der Waals surface area contributed by atoms with Gasteiger partial charge in [0.25, 0.3) is 0 Å². The van der Waals surface area contributed by atoms with Gasteiger partial charge in [-0.25, -0.2) is 4.79 Å². The first-order valence-electron chi connectivity index (χ1n) is 5.95. The molecular formula is C12H21NO3. The van der Waals surface area contributed by atoms with Crippen molar-refractivity contribution in [1.82, 2.24) is 5.32 Å². The Morgan fingerprint density at radius 2 is 1.88 bits per heavy atom. The molecule has 0 aromatic carbocycles. The third-order valence-electron chi connectivity index (χ3n) is 3.01. The largest absolute Gasteiger partial charge is 0.478 e. The van der Waals surface area contributed by atoms with Crippen molar-refractivity contribution in [2.45, 2.75) is 44.1 Å². The second-order valence-electron chi connectivity index (χ2n) is 4.51. The lowest BCUT2D eigenvalue weighted by Crippen LogP contribution is -2.40. The summed E-state index contributed by atoms with van der Waals surface area (Å²) >= 11 is 0. The first-order chi connectivity index (χ1) is 7.62. The number of aliphatic hydroxyl groups is 1. The highest BCUT2D eigenvalue weighted by atomic mass is 16.4.